The van der Waals surface area contributed by atoms with Gasteiger partial charge in [0.15, 0.2) is 0 Å². The molecule has 1 saturated carbocycles. The molecular weight excluding hydrogens is 272 g/mol. The van der Waals surface area contributed by atoms with Crippen LogP contribution in [0.15, 0.2) is 34.9 Å². The average Bonchev–Trinajstić information content (AvgIpc) is 2.48. The van der Waals surface area contributed by atoms with Gasteiger partial charge in [0.05, 0.1) is 6.61 Å². The highest BCUT2D eigenvalue weighted by Gasteiger charge is 2.04. The molecule has 2 heteroatoms. The molecule has 0 unspecified atom stereocenters. The summed E-state index contributed by atoms with van der Waals surface area (Å²) in [5, 5.41) is 0. The molecule has 0 amide bonds. The third-order valence-electron chi connectivity index (χ3n) is 4.15. The zero-order valence-corrected chi connectivity index (χ0v) is 14.6. The SMILES string of the molecule is CCOC(=O)C=C(C)CCC=C(C)CCC=C1CCCCC1. The lowest BCUT2D eigenvalue weighted by molar-refractivity contribution is -0.137. The van der Waals surface area contributed by atoms with Crippen molar-refractivity contribution in [2.24, 2.45) is 0 Å². The van der Waals surface area contributed by atoms with Crippen molar-refractivity contribution >= 4 is 5.97 Å². The van der Waals surface area contributed by atoms with Crippen LogP contribution in [0.25, 0.3) is 0 Å². The molecule has 0 aromatic carbocycles. The van der Waals surface area contributed by atoms with Crippen LogP contribution < -0.4 is 0 Å². The Morgan fingerprint density at radius 2 is 1.73 bits per heavy atom. The van der Waals surface area contributed by atoms with Gasteiger partial charge in [-0.2, -0.15) is 0 Å². The number of carbonyl (C=O) groups is 1. The average molecular weight is 304 g/mol. The van der Waals surface area contributed by atoms with Crippen LogP contribution in [0.2, 0.25) is 0 Å². The Hall–Kier alpha value is -1.31. The van der Waals surface area contributed by atoms with E-state index in [1.165, 1.54) is 44.1 Å². The topological polar surface area (TPSA) is 26.3 Å². The first-order valence-electron chi connectivity index (χ1n) is 8.79. The van der Waals surface area contributed by atoms with Gasteiger partial charge in [0.1, 0.15) is 0 Å². The lowest BCUT2D eigenvalue weighted by Gasteiger charge is -2.13. The lowest BCUT2D eigenvalue weighted by Crippen LogP contribution is -2.00. The van der Waals surface area contributed by atoms with Gasteiger partial charge in [-0.15, -0.1) is 0 Å². The number of esters is 1. The van der Waals surface area contributed by atoms with Gasteiger partial charge in [0, 0.05) is 6.08 Å². The second-order valence-corrected chi connectivity index (χ2v) is 6.29. The number of allylic oxidation sites excluding steroid dienone is 5. The summed E-state index contributed by atoms with van der Waals surface area (Å²) in [4.78, 5) is 11.3. The summed E-state index contributed by atoms with van der Waals surface area (Å²) >= 11 is 0. The number of rotatable bonds is 8. The molecule has 0 aromatic heterocycles. The molecule has 0 spiro atoms. The van der Waals surface area contributed by atoms with Crippen molar-refractivity contribution in [1.29, 1.82) is 0 Å². The smallest absolute Gasteiger partial charge is 0.330 e. The van der Waals surface area contributed by atoms with Crippen LogP contribution in [0.5, 0.6) is 0 Å². The van der Waals surface area contributed by atoms with Crippen molar-refractivity contribution in [2.75, 3.05) is 6.61 Å². The minimum Gasteiger partial charge on any atom is -0.463 e. The van der Waals surface area contributed by atoms with E-state index >= 15 is 0 Å². The Morgan fingerprint density at radius 1 is 1.05 bits per heavy atom. The van der Waals surface area contributed by atoms with Gasteiger partial charge in [0.2, 0.25) is 0 Å². The lowest BCUT2D eigenvalue weighted by atomic mass is 9.93. The van der Waals surface area contributed by atoms with E-state index in [9.17, 15) is 4.79 Å². The maximum atomic E-state index is 11.3. The summed E-state index contributed by atoms with van der Waals surface area (Å²) in [6, 6.07) is 0. The highest BCUT2D eigenvalue weighted by Crippen LogP contribution is 2.23. The molecule has 22 heavy (non-hydrogen) atoms. The monoisotopic (exact) mass is 304 g/mol. The standard InChI is InChI=1S/C20H32O2/c1-4-22-20(21)16-18(3)12-8-10-17(2)11-9-15-19-13-6-5-7-14-19/h10,15-16H,4-9,11-14H2,1-3H3. The van der Waals surface area contributed by atoms with Gasteiger partial charge >= 0.3 is 5.97 Å². The van der Waals surface area contributed by atoms with Crippen molar-refractivity contribution in [1.82, 2.24) is 0 Å². The summed E-state index contributed by atoms with van der Waals surface area (Å²) in [6.45, 7) is 6.48. The van der Waals surface area contributed by atoms with Crippen LogP contribution in [0.3, 0.4) is 0 Å². The molecule has 1 aliphatic rings. The molecule has 0 saturated heterocycles. The number of hydrogen-bond donors (Lipinski definition) is 0. The molecule has 0 aliphatic heterocycles. The number of carbonyl (C=O) groups excluding carboxylic acids is 1. The van der Waals surface area contributed by atoms with E-state index in [0.717, 1.165) is 24.8 Å². The van der Waals surface area contributed by atoms with Gasteiger partial charge in [0.25, 0.3) is 0 Å². The normalized spacial score (nSPS) is 16.6. The fourth-order valence-electron chi connectivity index (χ4n) is 2.82. The molecular formula is C20H32O2. The van der Waals surface area contributed by atoms with Crippen LogP contribution >= 0.6 is 0 Å². The van der Waals surface area contributed by atoms with Crippen molar-refractivity contribution in [3.05, 3.63) is 34.9 Å². The first-order valence-corrected chi connectivity index (χ1v) is 8.79. The van der Waals surface area contributed by atoms with Crippen LogP contribution in [-0.2, 0) is 9.53 Å². The fourth-order valence-corrected chi connectivity index (χ4v) is 2.82. The third kappa shape index (κ3) is 8.86. The van der Waals surface area contributed by atoms with Crippen molar-refractivity contribution in [2.45, 2.75) is 78.6 Å². The van der Waals surface area contributed by atoms with Gasteiger partial charge in [-0.25, -0.2) is 4.79 Å². The molecule has 1 rings (SSSR count). The second-order valence-electron chi connectivity index (χ2n) is 6.29. The van der Waals surface area contributed by atoms with E-state index in [-0.39, 0.29) is 5.97 Å². The minimum atomic E-state index is -0.222. The molecule has 0 aromatic rings. The van der Waals surface area contributed by atoms with Crippen LogP contribution in [-0.4, -0.2) is 12.6 Å². The summed E-state index contributed by atoms with van der Waals surface area (Å²) in [7, 11) is 0. The zero-order valence-electron chi connectivity index (χ0n) is 14.6. The molecule has 1 aliphatic carbocycles. The Morgan fingerprint density at radius 3 is 2.41 bits per heavy atom. The molecule has 0 N–H and O–H groups in total. The quantitative estimate of drug-likeness (QED) is 0.317. The molecule has 0 heterocycles. The Balaban J connectivity index is 2.23. The molecule has 0 atom stereocenters. The van der Waals surface area contributed by atoms with Gasteiger partial charge in [-0.1, -0.05) is 35.3 Å². The summed E-state index contributed by atoms with van der Waals surface area (Å²) in [6.07, 6.45) is 17.5. The number of hydrogen-bond acceptors (Lipinski definition) is 2. The molecule has 2 nitrogen and oxygen atoms in total. The van der Waals surface area contributed by atoms with Crippen LogP contribution in [0.4, 0.5) is 0 Å². The van der Waals surface area contributed by atoms with Gasteiger partial charge < -0.3 is 4.74 Å². The molecule has 0 radical (unpaired) electrons. The van der Waals surface area contributed by atoms with Crippen LogP contribution in [0.1, 0.15) is 78.6 Å². The van der Waals surface area contributed by atoms with E-state index in [1.54, 1.807) is 11.6 Å². The number of ether oxygens (including phenoxy) is 1. The second kappa shape index (κ2) is 11.3. The predicted molar refractivity (Wildman–Crippen MR) is 93.8 cm³/mol. The van der Waals surface area contributed by atoms with E-state index in [0.29, 0.717) is 6.61 Å². The Bertz CT molecular complexity index is 419. The third-order valence-corrected chi connectivity index (χ3v) is 4.15. The van der Waals surface area contributed by atoms with Crippen LogP contribution in [0, 0.1) is 0 Å². The van der Waals surface area contributed by atoms with E-state index in [2.05, 4.69) is 19.1 Å². The van der Waals surface area contributed by atoms with Crippen molar-refractivity contribution in [3.8, 4) is 0 Å². The first-order chi connectivity index (χ1) is 10.6. The largest absolute Gasteiger partial charge is 0.463 e. The maximum absolute atomic E-state index is 11.3. The molecule has 124 valence electrons. The van der Waals surface area contributed by atoms with E-state index in [1.807, 2.05) is 13.8 Å². The predicted octanol–water partition coefficient (Wildman–Crippen LogP) is 5.89. The Kier molecular flexibility index (Phi) is 9.61. The summed E-state index contributed by atoms with van der Waals surface area (Å²) < 4.78 is 4.91. The van der Waals surface area contributed by atoms with E-state index < -0.39 is 0 Å². The van der Waals surface area contributed by atoms with Crippen molar-refractivity contribution in [3.63, 3.8) is 0 Å². The first kappa shape index (κ1) is 18.7. The fraction of sp³-hybridized carbons (Fsp3) is 0.650. The summed E-state index contributed by atoms with van der Waals surface area (Å²) in [5.74, 6) is -0.222. The Labute approximate surface area is 136 Å². The van der Waals surface area contributed by atoms with E-state index in [4.69, 9.17) is 4.74 Å². The highest BCUT2D eigenvalue weighted by molar-refractivity contribution is 5.82. The van der Waals surface area contributed by atoms with Crippen molar-refractivity contribution < 1.29 is 9.53 Å². The maximum Gasteiger partial charge on any atom is 0.330 e. The molecule has 1 fully saturated rings. The molecule has 0 bridgehead atoms. The van der Waals surface area contributed by atoms with Gasteiger partial charge in [-0.3, -0.25) is 0 Å². The zero-order chi connectivity index (χ0) is 16.2. The highest BCUT2D eigenvalue weighted by atomic mass is 16.5. The van der Waals surface area contributed by atoms with Gasteiger partial charge in [-0.05, 0) is 72.1 Å². The minimum absolute atomic E-state index is 0.222. The summed E-state index contributed by atoms with van der Waals surface area (Å²) in [5.41, 5.74) is 4.22.